The quantitative estimate of drug-likeness (QED) is 0.654. The molecule has 2 heterocycles. The van der Waals surface area contributed by atoms with E-state index < -0.39 is 0 Å². The molecule has 1 aromatic rings. The fraction of sp³-hybridized carbons (Fsp3) is 0.273. The normalized spacial score (nSPS) is 22.4. The maximum Gasteiger partial charge on any atom is 0.205 e. The topological polar surface area (TPSA) is 28.0 Å². The number of halogens is 2. The van der Waals surface area contributed by atoms with Crippen LogP contribution in [-0.2, 0) is 0 Å². The van der Waals surface area contributed by atoms with Crippen molar-refractivity contribution in [2.24, 2.45) is 9.98 Å². The Morgan fingerprint density at radius 2 is 2.19 bits per heavy atom. The third-order valence-electron chi connectivity index (χ3n) is 2.80. The Hall–Kier alpha value is -1.06. The van der Waals surface area contributed by atoms with Gasteiger partial charge in [0.15, 0.2) is 0 Å². The lowest BCUT2D eigenvalue weighted by Gasteiger charge is -2.28. The van der Waals surface area contributed by atoms with E-state index in [1.54, 1.807) is 0 Å². The second-order valence-electron chi connectivity index (χ2n) is 3.90. The van der Waals surface area contributed by atoms with E-state index in [-0.39, 0.29) is 6.04 Å². The van der Waals surface area contributed by atoms with E-state index in [4.69, 9.17) is 23.2 Å². The highest BCUT2D eigenvalue weighted by molar-refractivity contribution is 6.67. The van der Waals surface area contributed by atoms with E-state index in [2.05, 4.69) is 16.9 Å². The average molecular weight is 254 g/mol. The van der Waals surface area contributed by atoms with Crippen LogP contribution < -0.4 is 0 Å². The summed E-state index contributed by atoms with van der Waals surface area (Å²) >= 11 is 12.3. The first-order valence-corrected chi connectivity index (χ1v) is 5.81. The molecule has 0 aliphatic carbocycles. The summed E-state index contributed by atoms with van der Waals surface area (Å²) in [6.45, 7) is 2.79. The number of amidine groups is 2. The highest BCUT2D eigenvalue weighted by Gasteiger charge is 2.34. The predicted molar refractivity (Wildman–Crippen MR) is 67.1 cm³/mol. The molecule has 5 heteroatoms. The first kappa shape index (κ1) is 10.1. The van der Waals surface area contributed by atoms with Crippen molar-refractivity contribution in [3.05, 3.63) is 28.8 Å². The third-order valence-corrected chi connectivity index (χ3v) is 3.38. The summed E-state index contributed by atoms with van der Waals surface area (Å²) in [6.07, 6.45) is 0. The third kappa shape index (κ3) is 1.28. The van der Waals surface area contributed by atoms with Gasteiger partial charge in [-0.25, -0.2) is 4.99 Å². The van der Waals surface area contributed by atoms with E-state index in [9.17, 15) is 0 Å². The molecule has 1 aromatic carbocycles. The summed E-state index contributed by atoms with van der Waals surface area (Å²) in [4.78, 5) is 10.8. The van der Waals surface area contributed by atoms with Crippen LogP contribution >= 0.6 is 23.2 Å². The summed E-state index contributed by atoms with van der Waals surface area (Å²) in [5.74, 6) is 0.841. The van der Waals surface area contributed by atoms with Crippen LogP contribution in [0.25, 0.3) is 0 Å². The predicted octanol–water partition coefficient (Wildman–Crippen LogP) is 3.03. The van der Waals surface area contributed by atoms with Gasteiger partial charge < -0.3 is 0 Å². The molecule has 0 fully saturated rings. The van der Waals surface area contributed by atoms with Crippen molar-refractivity contribution in [3.63, 3.8) is 0 Å². The maximum atomic E-state index is 6.18. The van der Waals surface area contributed by atoms with Gasteiger partial charge in [-0.2, -0.15) is 0 Å². The van der Waals surface area contributed by atoms with Gasteiger partial charge >= 0.3 is 0 Å². The minimum Gasteiger partial charge on any atom is -0.296 e. The minimum atomic E-state index is 0.246. The fourth-order valence-corrected chi connectivity index (χ4v) is 2.63. The number of nitrogens with zero attached hydrogens (tertiary/aromatic N) is 3. The summed E-state index contributed by atoms with van der Waals surface area (Å²) in [7, 11) is 0. The van der Waals surface area contributed by atoms with Gasteiger partial charge in [0.2, 0.25) is 5.29 Å². The first-order valence-electron chi connectivity index (χ1n) is 5.05. The Balaban J connectivity index is 2.26. The monoisotopic (exact) mass is 253 g/mol. The van der Waals surface area contributed by atoms with Crippen LogP contribution in [0.1, 0.15) is 12.5 Å². The van der Waals surface area contributed by atoms with Gasteiger partial charge in [0, 0.05) is 0 Å². The van der Waals surface area contributed by atoms with Crippen LogP contribution in [0.4, 0.5) is 5.69 Å². The van der Waals surface area contributed by atoms with Gasteiger partial charge in [-0.15, -0.1) is 0 Å². The molecule has 0 amide bonds. The largest absolute Gasteiger partial charge is 0.296 e. The molecule has 1 atom stereocenters. The highest BCUT2D eigenvalue weighted by atomic mass is 35.5. The van der Waals surface area contributed by atoms with E-state index in [1.807, 2.05) is 23.1 Å². The Bertz CT molecular complexity index is 522. The zero-order chi connectivity index (χ0) is 11.3. The van der Waals surface area contributed by atoms with Gasteiger partial charge in [-0.1, -0.05) is 17.7 Å². The Kier molecular flexibility index (Phi) is 2.19. The van der Waals surface area contributed by atoms with Gasteiger partial charge in [0.25, 0.3) is 0 Å². The van der Waals surface area contributed by atoms with Gasteiger partial charge in [-0.05, 0) is 30.7 Å². The minimum absolute atomic E-state index is 0.246. The molecule has 0 bridgehead atoms. The summed E-state index contributed by atoms with van der Waals surface area (Å²) in [5.41, 5.74) is 1.68. The van der Waals surface area contributed by atoms with Crippen molar-refractivity contribution in [1.29, 1.82) is 0 Å². The summed E-state index contributed by atoms with van der Waals surface area (Å²) < 4.78 is 0. The highest BCUT2D eigenvalue weighted by Crippen LogP contribution is 2.35. The van der Waals surface area contributed by atoms with Gasteiger partial charge in [0.05, 0.1) is 28.9 Å². The van der Waals surface area contributed by atoms with Crippen molar-refractivity contribution in [2.75, 3.05) is 6.54 Å². The Morgan fingerprint density at radius 3 is 3.00 bits per heavy atom. The smallest absolute Gasteiger partial charge is 0.205 e. The molecule has 2 aliphatic rings. The zero-order valence-electron chi connectivity index (χ0n) is 8.61. The Labute approximate surface area is 103 Å². The van der Waals surface area contributed by atoms with E-state index in [0.29, 0.717) is 10.3 Å². The number of fused-ring (bicyclic) bond motifs is 3. The maximum absolute atomic E-state index is 6.18. The molecular formula is C11H9Cl2N3. The molecule has 82 valence electrons. The fourth-order valence-electron chi connectivity index (χ4n) is 2.03. The zero-order valence-corrected chi connectivity index (χ0v) is 10.1. The van der Waals surface area contributed by atoms with Crippen molar-refractivity contribution in [2.45, 2.75) is 13.0 Å². The van der Waals surface area contributed by atoms with Gasteiger partial charge in [-0.3, -0.25) is 9.89 Å². The number of rotatable bonds is 0. The summed E-state index contributed by atoms with van der Waals surface area (Å²) in [5, 5.41) is 1.14. The number of hydrogen-bond donors (Lipinski definition) is 0. The van der Waals surface area contributed by atoms with E-state index in [0.717, 1.165) is 23.6 Å². The number of aliphatic imine (C=N–C) groups is 2. The lowest BCUT2D eigenvalue weighted by molar-refractivity contribution is 0.519. The lowest BCUT2D eigenvalue weighted by atomic mass is 10.1. The van der Waals surface area contributed by atoms with E-state index >= 15 is 0 Å². The second-order valence-corrected chi connectivity index (χ2v) is 4.64. The number of benzene rings is 1. The van der Waals surface area contributed by atoms with E-state index in [1.165, 1.54) is 0 Å². The molecule has 0 saturated heterocycles. The molecule has 1 unspecified atom stereocenters. The molecule has 0 saturated carbocycles. The van der Waals surface area contributed by atoms with Crippen molar-refractivity contribution in [1.82, 2.24) is 4.90 Å². The van der Waals surface area contributed by atoms with Crippen LogP contribution in [0, 0.1) is 0 Å². The molecule has 0 radical (unpaired) electrons. The molecule has 0 spiro atoms. The lowest BCUT2D eigenvalue weighted by Crippen LogP contribution is -2.39. The van der Waals surface area contributed by atoms with Crippen LogP contribution in [0.3, 0.4) is 0 Å². The SMILES string of the molecule is CC1CN=C2c3c(Cl)cccc3N=C(Cl)N21. The molecule has 0 aromatic heterocycles. The standard InChI is InChI=1S/C11H9Cl2N3/c1-6-5-14-10-9-7(12)3-2-4-8(9)15-11(13)16(6)10/h2-4,6H,5H2,1H3. The molecule has 2 aliphatic heterocycles. The van der Waals surface area contributed by atoms with Crippen LogP contribution in [0.5, 0.6) is 0 Å². The number of hydrogen-bond acceptors (Lipinski definition) is 3. The molecule has 0 N–H and O–H groups in total. The molecule has 3 rings (SSSR count). The van der Waals surface area contributed by atoms with Crippen LogP contribution in [-0.4, -0.2) is 28.6 Å². The second kappa shape index (κ2) is 3.47. The van der Waals surface area contributed by atoms with Crippen LogP contribution in [0.2, 0.25) is 5.02 Å². The average Bonchev–Trinajstić information content (AvgIpc) is 2.61. The molecular weight excluding hydrogens is 245 g/mol. The van der Waals surface area contributed by atoms with Crippen molar-refractivity contribution in [3.8, 4) is 0 Å². The van der Waals surface area contributed by atoms with Crippen molar-refractivity contribution < 1.29 is 0 Å². The molecule has 3 nitrogen and oxygen atoms in total. The first-order chi connectivity index (χ1) is 7.68. The van der Waals surface area contributed by atoms with Crippen LogP contribution in [0.15, 0.2) is 28.2 Å². The Morgan fingerprint density at radius 1 is 1.38 bits per heavy atom. The van der Waals surface area contributed by atoms with Crippen molar-refractivity contribution >= 4 is 40.0 Å². The molecule has 16 heavy (non-hydrogen) atoms. The summed E-state index contributed by atoms with van der Waals surface area (Å²) in [6, 6.07) is 5.85. The van der Waals surface area contributed by atoms with Gasteiger partial charge in [0.1, 0.15) is 5.84 Å².